The first kappa shape index (κ1) is 21.1. The molecule has 16 heteroatoms. The minimum absolute atomic E-state index is 0.00323. The van der Waals surface area contributed by atoms with E-state index in [2.05, 4.69) is 24.8 Å². The molecule has 0 radical (unpaired) electrons. The van der Waals surface area contributed by atoms with Gasteiger partial charge in [-0.3, -0.25) is 9.05 Å². The van der Waals surface area contributed by atoms with Crippen LogP contribution in [0, 0.1) is 11.3 Å². The maximum Gasteiger partial charge on any atom is 0.469 e. The minimum Gasteiger partial charge on any atom is -0.371 e. The molecule has 0 spiro atoms. The van der Waals surface area contributed by atoms with E-state index >= 15 is 0 Å². The van der Waals surface area contributed by atoms with Crippen LogP contribution in [0.15, 0.2) is 6.33 Å². The summed E-state index contributed by atoms with van der Waals surface area (Å²) in [5.41, 5.74) is -0.0477. The van der Waals surface area contributed by atoms with Crippen molar-refractivity contribution in [2.45, 2.75) is 25.0 Å². The van der Waals surface area contributed by atoms with Gasteiger partial charge in [-0.1, -0.05) is 0 Å². The molecule has 160 valence electrons. The maximum atomic E-state index is 11.4. The first-order valence-corrected chi connectivity index (χ1v) is 11.9. The predicted molar refractivity (Wildman–Crippen MR) is 99.0 cm³/mol. The van der Waals surface area contributed by atoms with Crippen LogP contribution in [0.25, 0.3) is 11.2 Å². The van der Waals surface area contributed by atoms with Crippen LogP contribution in [0.2, 0.25) is 5.28 Å². The van der Waals surface area contributed by atoms with Gasteiger partial charge in [0.1, 0.15) is 0 Å². The molecule has 0 amide bonds. The summed E-state index contributed by atoms with van der Waals surface area (Å²) in [5, 5.41) is 2.87. The van der Waals surface area contributed by atoms with Crippen molar-refractivity contribution in [3.63, 3.8) is 0 Å². The van der Waals surface area contributed by atoms with E-state index in [1.54, 1.807) is 11.6 Å². The van der Waals surface area contributed by atoms with Crippen molar-refractivity contribution in [1.82, 2.24) is 19.5 Å². The van der Waals surface area contributed by atoms with Gasteiger partial charge in [0.15, 0.2) is 17.0 Å². The summed E-state index contributed by atoms with van der Waals surface area (Å²) in [4.78, 5) is 49.2. The van der Waals surface area contributed by atoms with Gasteiger partial charge >= 0.3 is 15.6 Å². The molecule has 2 heterocycles. The highest BCUT2D eigenvalue weighted by Crippen LogP contribution is 2.71. The summed E-state index contributed by atoms with van der Waals surface area (Å²) in [6.07, 6.45) is 1.12. The monoisotopic (exact) mass is 469 g/mol. The molecule has 4 atom stereocenters. The van der Waals surface area contributed by atoms with Crippen molar-refractivity contribution in [3.8, 4) is 0 Å². The Balaban J connectivity index is 1.70. The highest BCUT2D eigenvalue weighted by molar-refractivity contribution is 7.46. The van der Waals surface area contributed by atoms with Crippen molar-refractivity contribution in [1.29, 1.82) is 0 Å². The van der Waals surface area contributed by atoms with E-state index in [4.69, 9.17) is 25.9 Å². The molecule has 1 unspecified atom stereocenters. The summed E-state index contributed by atoms with van der Waals surface area (Å²) in [7, 11) is -7.94. The van der Waals surface area contributed by atoms with Crippen LogP contribution in [0.5, 0.6) is 0 Å². The number of phosphoric acid groups is 2. The molecule has 2 fully saturated rings. The first-order valence-electron chi connectivity index (χ1n) is 8.45. The standard InChI is InChI=1S/C13H18ClN5O8P2/c1-15-10-9-11(18-12(14)17-10)19(5-16-9)7-2-8(27-29(23,24)25)13(3-6(7)13)4-26-28(20,21)22/h5-8H,2-4H2,1H3,(H,15,17,18)(H2,20,21,22)(H2,23,24,25)/t6-,7+,8+,13?/m1/s1. The van der Waals surface area contributed by atoms with Gasteiger partial charge in [0.25, 0.3) is 0 Å². The number of imidazole rings is 1. The van der Waals surface area contributed by atoms with Crippen LogP contribution < -0.4 is 5.32 Å². The number of nitrogens with one attached hydrogen (secondary N) is 1. The molecule has 2 saturated carbocycles. The highest BCUT2D eigenvalue weighted by atomic mass is 35.5. The number of nitrogens with zero attached hydrogens (tertiary/aromatic N) is 4. The van der Waals surface area contributed by atoms with Gasteiger partial charge in [-0.05, 0) is 30.4 Å². The summed E-state index contributed by atoms with van der Waals surface area (Å²) in [6.45, 7) is -0.396. The van der Waals surface area contributed by atoms with E-state index in [0.717, 1.165) is 0 Å². The second kappa shape index (κ2) is 6.94. The summed E-state index contributed by atoms with van der Waals surface area (Å²) in [5.74, 6) is 0.210. The van der Waals surface area contributed by atoms with Crippen LogP contribution in [0.4, 0.5) is 5.82 Å². The van der Waals surface area contributed by atoms with E-state index in [1.165, 1.54) is 6.33 Å². The molecule has 4 rings (SSSR count). The maximum absolute atomic E-state index is 11.4. The molecule has 0 aliphatic heterocycles. The molecule has 0 bridgehead atoms. The van der Waals surface area contributed by atoms with Gasteiger partial charge in [0.2, 0.25) is 5.28 Å². The quantitative estimate of drug-likeness (QED) is 0.287. The largest absolute Gasteiger partial charge is 0.469 e. The molecular weight excluding hydrogens is 452 g/mol. The molecule has 0 aromatic carbocycles. The Morgan fingerprint density at radius 2 is 2.03 bits per heavy atom. The Labute approximate surface area is 168 Å². The van der Waals surface area contributed by atoms with Crippen molar-refractivity contribution in [2.75, 3.05) is 19.0 Å². The second-order valence-corrected chi connectivity index (χ2v) is 9.88. The molecule has 2 aliphatic rings. The fourth-order valence-corrected chi connectivity index (χ4v) is 5.45. The van der Waals surface area contributed by atoms with E-state index in [-0.39, 0.29) is 23.7 Å². The fourth-order valence-electron chi connectivity index (χ4n) is 4.25. The zero-order valence-electron chi connectivity index (χ0n) is 14.9. The lowest BCUT2D eigenvalue weighted by Crippen LogP contribution is -2.26. The van der Waals surface area contributed by atoms with Gasteiger partial charge in [-0.25, -0.2) is 14.1 Å². The average molecular weight is 470 g/mol. The third-order valence-electron chi connectivity index (χ3n) is 5.49. The Kier molecular flexibility index (Phi) is 5.05. The van der Waals surface area contributed by atoms with E-state index in [0.29, 0.717) is 23.4 Å². The first-order chi connectivity index (χ1) is 13.4. The Morgan fingerprint density at radius 1 is 1.31 bits per heavy atom. The number of hydrogen-bond donors (Lipinski definition) is 5. The number of halogens is 1. The minimum atomic E-state index is -4.84. The van der Waals surface area contributed by atoms with E-state index in [1.807, 2.05) is 0 Å². The molecular formula is C13H18ClN5O8P2. The predicted octanol–water partition coefficient (Wildman–Crippen LogP) is 1.06. The fraction of sp³-hybridized carbons (Fsp3) is 0.615. The molecule has 2 aromatic heterocycles. The lowest BCUT2D eigenvalue weighted by molar-refractivity contribution is 0.0499. The number of aromatic nitrogens is 4. The van der Waals surface area contributed by atoms with Gasteiger partial charge < -0.3 is 29.5 Å². The van der Waals surface area contributed by atoms with Crippen molar-refractivity contribution >= 4 is 44.2 Å². The van der Waals surface area contributed by atoms with Crippen LogP contribution in [-0.2, 0) is 18.2 Å². The SMILES string of the molecule is CNc1nc(Cl)nc2c1ncn2[C@H]1C[C@H](OP(=O)(O)O)C2(COP(=O)(O)O)C[C@H]12. The van der Waals surface area contributed by atoms with Crippen LogP contribution >= 0.6 is 27.2 Å². The lowest BCUT2D eigenvalue weighted by atomic mass is 10.0. The van der Waals surface area contributed by atoms with Crippen LogP contribution in [0.1, 0.15) is 18.9 Å². The van der Waals surface area contributed by atoms with Crippen molar-refractivity contribution in [3.05, 3.63) is 11.6 Å². The summed E-state index contributed by atoms with van der Waals surface area (Å²) < 4.78 is 33.9. The average Bonchev–Trinajstić information content (AvgIpc) is 3.07. The highest BCUT2D eigenvalue weighted by Gasteiger charge is 2.70. The molecule has 2 aromatic rings. The molecule has 5 N–H and O–H groups in total. The van der Waals surface area contributed by atoms with Crippen LogP contribution in [-0.4, -0.2) is 58.9 Å². The zero-order chi connectivity index (χ0) is 21.2. The summed E-state index contributed by atoms with van der Waals surface area (Å²) >= 11 is 5.99. The number of hydrogen-bond acceptors (Lipinski definition) is 8. The third kappa shape index (κ3) is 3.95. The third-order valence-corrected chi connectivity index (χ3v) is 6.66. The molecule has 29 heavy (non-hydrogen) atoms. The molecule has 2 aliphatic carbocycles. The topological polar surface area (TPSA) is 189 Å². The number of anilines is 1. The van der Waals surface area contributed by atoms with Crippen molar-refractivity contribution < 1.29 is 37.8 Å². The van der Waals surface area contributed by atoms with Gasteiger partial charge in [0.05, 0.1) is 19.0 Å². The molecule has 0 saturated heterocycles. The number of fused-ring (bicyclic) bond motifs is 2. The number of rotatable bonds is 7. The van der Waals surface area contributed by atoms with Gasteiger partial charge in [0, 0.05) is 18.5 Å². The second-order valence-electron chi connectivity index (χ2n) is 7.11. The van der Waals surface area contributed by atoms with Gasteiger partial charge in [-0.2, -0.15) is 9.97 Å². The van der Waals surface area contributed by atoms with Gasteiger partial charge in [-0.15, -0.1) is 0 Å². The Hall–Kier alpha value is -1.14. The van der Waals surface area contributed by atoms with Crippen molar-refractivity contribution in [2.24, 2.45) is 11.3 Å². The smallest absolute Gasteiger partial charge is 0.371 e. The Bertz CT molecular complexity index is 1060. The molecule has 13 nitrogen and oxygen atoms in total. The summed E-state index contributed by atoms with van der Waals surface area (Å²) in [6, 6.07) is -0.340. The van der Waals surface area contributed by atoms with E-state index < -0.39 is 33.8 Å². The van der Waals surface area contributed by atoms with E-state index in [9.17, 15) is 18.9 Å². The lowest BCUT2D eigenvalue weighted by Gasteiger charge is -2.24. The van der Waals surface area contributed by atoms with Crippen LogP contribution in [0.3, 0.4) is 0 Å². The normalized spacial score (nSPS) is 29.2. The zero-order valence-corrected chi connectivity index (χ0v) is 17.5. The Morgan fingerprint density at radius 3 is 2.66 bits per heavy atom. The number of phosphoric ester groups is 2.